The van der Waals surface area contributed by atoms with Gasteiger partial charge in [0, 0.05) is 11.4 Å². The molecular weight excluding hydrogens is 168 g/mol. The van der Waals surface area contributed by atoms with Gasteiger partial charge in [-0.3, -0.25) is 0 Å². The van der Waals surface area contributed by atoms with Crippen LogP contribution >= 0.6 is 15.9 Å². The molecule has 0 aromatic carbocycles. The molecule has 0 saturated heterocycles. The molecule has 1 fully saturated rings. The van der Waals surface area contributed by atoms with Crippen molar-refractivity contribution >= 4 is 15.9 Å². The predicted molar refractivity (Wildman–Crippen MR) is 37.1 cm³/mol. The normalized spacial score (nSPS) is 44.6. The van der Waals surface area contributed by atoms with E-state index in [0.29, 0.717) is 11.4 Å². The fourth-order valence-electron chi connectivity index (χ4n) is 1.06. The highest BCUT2D eigenvalue weighted by Crippen LogP contribution is 2.46. The minimum absolute atomic E-state index is 0.344. The van der Waals surface area contributed by atoms with Crippen molar-refractivity contribution in [1.82, 2.24) is 0 Å². The molecule has 48 valence electrons. The van der Waals surface area contributed by atoms with E-state index in [1.54, 1.807) is 0 Å². The zero-order valence-electron chi connectivity index (χ0n) is 4.97. The van der Waals surface area contributed by atoms with E-state index in [0.717, 1.165) is 18.3 Å². The molecular formula is C6H11BrO. The Balaban J connectivity index is 2.13. The SMILES string of the molecule is CC1C(Br)C1CCO. The van der Waals surface area contributed by atoms with Gasteiger partial charge in [-0.1, -0.05) is 22.9 Å². The third-order valence-electron chi connectivity index (χ3n) is 1.91. The first-order valence-electron chi connectivity index (χ1n) is 3.02. The highest BCUT2D eigenvalue weighted by atomic mass is 79.9. The summed E-state index contributed by atoms with van der Waals surface area (Å²) in [5, 5.41) is 8.49. The van der Waals surface area contributed by atoms with Gasteiger partial charge in [-0.2, -0.15) is 0 Å². The van der Waals surface area contributed by atoms with Gasteiger partial charge >= 0.3 is 0 Å². The van der Waals surface area contributed by atoms with E-state index in [9.17, 15) is 0 Å². The van der Waals surface area contributed by atoms with E-state index >= 15 is 0 Å². The van der Waals surface area contributed by atoms with Crippen LogP contribution in [0.3, 0.4) is 0 Å². The Morgan fingerprint density at radius 3 is 2.25 bits per heavy atom. The molecule has 3 atom stereocenters. The standard InChI is InChI=1S/C6H11BrO/c1-4-5(2-3-8)6(4)7/h4-6,8H,2-3H2,1H3. The summed E-state index contributed by atoms with van der Waals surface area (Å²) in [6, 6.07) is 0. The molecule has 0 amide bonds. The van der Waals surface area contributed by atoms with Crippen molar-refractivity contribution in [2.24, 2.45) is 11.8 Å². The van der Waals surface area contributed by atoms with E-state index in [2.05, 4.69) is 22.9 Å². The van der Waals surface area contributed by atoms with Gasteiger partial charge < -0.3 is 5.11 Å². The second kappa shape index (κ2) is 2.36. The molecule has 1 aliphatic carbocycles. The van der Waals surface area contributed by atoms with Crippen LogP contribution in [0.5, 0.6) is 0 Å². The number of alkyl halides is 1. The molecule has 8 heavy (non-hydrogen) atoms. The van der Waals surface area contributed by atoms with Crippen LogP contribution in [0.2, 0.25) is 0 Å². The van der Waals surface area contributed by atoms with Crippen LogP contribution < -0.4 is 0 Å². The number of hydrogen-bond acceptors (Lipinski definition) is 1. The highest BCUT2D eigenvalue weighted by Gasteiger charge is 2.43. The summed E-state index contributed by atoms with van der Waals surface area (Å²) < 4.78 is 0. The molecule has 0 aromatic rings. The largest absolute Gasteiger partial charge is 0.396 e. The lowest BCUT2D eigenvalue weighted by Gasteiger charge is -1.86. The first-order valence-corrected chi connectivity index (χ1v) is 3.94. The van der Waals surface area contributed by atoms with E-state index in [-0.39, 0.29) is 0 Å². The van der Waals surface area contributed by atoms with E-state index in [4.69, 9.17) is 5.11 Å². The monoisotopic (exact) mass is 178 g/mol. The summed E-state index contributed by atoms with van der Waals surface area (Å²) in [4.78, 5) is 0.689. The first-order chi connectivity index (χ1) is 3.77. The molecule has 2 heteroatoms. The molecule has 0 aromatic heterocycles. The number of aliphatic hydroxyl groups is 1. The van der Waals surface area contributed by atoms with Crippen molar-refractivity contribution in [3.8, 4) is 0 Å². The van der Waals surface area contributed by atoms with Crippen LogP contribution in [0.1, 0.15) is 13.3 Å². The lowest BCUT2D eigenvalue weighted by atomic mass is 10.3. The smallest absolute Gasteiger partial charge is 0.0434 e. The molecule has 1 N–H and O–H groups in total. The van der Waals surface area contributed by atoms with Crippen LogP contribution in [0.15, 0.2) is 0 Å². The average Bonchev–Trinajstić information content (AvgIpc) is 2.25. The molecule has 0 radical (unpaired) electrons. The van der Waals surface area contributed by atoms with Crippen LogP contribution in [0.4, 0.5) is 0 Å². The first kappa shape index (κ1) is 6.56. The summed E-state index contributed by atoms with van der Waals surface area (Å²) in [5.41, 5.74) is 0. The summed E-state index contributed by atoms with van der Waals surface area (Å²) in [6.45, 7) is 2.55. The third kappa shape index (κ3) is 1.06. The lowest BCUT2D eigenvalue weighted by molar-refractivity contribution is 0.278. The van der Waals surface area contributed by atoms with Crippen LogP contribution in [-0.2, 0) is 0 Å². The van der Waals surface area contributed by atoms with Crippen LogP contribution in [0.25, 0.3) is 0 Å². The maximum absolute atomic E-state index is 8.49. The molecule has 1 saturated carbocycles. The Labute approximate surface area is 58.2 Å². The number of rotatable bonds is 2. The Morgan fingerprint density at radius 2 is 2.12 bits per heavy atom. The van der Waals surface area contributed by atoms with Crippen molar-refractivity contribution in [1.29, 1.82) is 0 Å². The van der Waals surface area contributed by atoms with Gasteiger partial charge in [-0.15, -0.1) is 0 Å². The Kier molecular flexibility index (Phi) is 1.93. The molecule has 1 nitrogen and oxygen atoms in total. The van der Waals surface area contributed by atoms with Gasteiger partial charge in [0.15, 0.2) is 0 Å². The summed E-state index contributed by atoms with van der Waals surface area (Å²) in [7, 11) is 0. The fraction of sp³-hybridized carbons (Fsp3) is 1.00. The Morgan fingerprint density at radius 1 is 1.62 bits per heavy atom. The molecule has 0 spiro atoms. The predicted octanol–water partition coefficient (Wildman–Crippen LogP) is 1.40. The van der Waals surface area contributed by atoms with E-state index in [1.807, 2.05) is 0 Å². The average molecular weight is 179 g/mol. The highest BCUT2D eigenvalue weighted by molar-refractivity contribution is 9.09. The van der Waals surface area contributed by atoms with E-state index in [1.165, 1.54) is 0 Å². The fourth-order valence-corrected chi connectivity index (χ4v) is 2.02. The number of halogens is 1. The zero-order valence-corrected chi connectivity index (χ0v) is 6.56. The van der Waals surface area contributed by atoms with Gasteiger partial charge in [-0.05, 0) is 18.3 Å². The minimum atomic E-state index is 0.344. The van der Waals surface area contributed by atoms with Gasteiger partial charge in [0.1, 0.15) is 0 Å². The Hall–Kier alpha value is 0.440. The summed E-state index contributed by atoms with van der Waals surface area (Å²) >= 11 is 3.50. The quantitative estimate of drug-likeness (QED) is 0.635. The topological polar surface area (TPSA) is 20.2 Å². The second-order valence-corrected chi connectivity index (χ2v) is 3.54. The summed E-state index contributed by atoms with van der Waals surface area (Å²) in [6.07, 6.45) is 0.969. The molecule has 1 aliphatic rings. The van der Waals surface area contributed by atoms with Crippen molar-refractivity contribution in [2.45, 2.75) is 18.2 Å². The van der Waals surface area contributed by atoms with Crippen LogP contribution in [-0.4, -0.2) is 16.5 Å². The maximum Gasteiger partial charge on any atom is 0.0434 e. The molecule has 3 unspecified atom stereocenters. The van der Waals surface area contributed by atoms with Gasteiger partial charge in [0.25, 0.3) is 0 Å². The third-order valence-corrected chi connectivity index (χ3v) is 3.42. The van der Waals surface area contributed by atoms with E-state index < -0.39 is 0 Å². The van der Waals surface area contributed by atoms with Crippen molar-refractivity contribution in [3.05, 3.63) is 0 Å². The molecule has 0 bridgehead atoms. The number of aliphatic hydroxyl groups excluding tert-OH is 1. The second-order valence-electron chi connectivity index (χ2n) is 2.48. The lowest BCUT2D eigenvalue weighted by Crippen LogP contribution is -1.85. The Bertz CT molecular complexity index is 76.6. The van der Waals surface area contributed by atoms with Gasteiger partial charge in [0.2, 0.25) is 0 Å². The van der Waals surface area contributed by atoms with Gasteiger partial charge in [0.05, 0.1) is 0 Å². The summed E-state index contributed by atoms with van der Waals surface area (Å²) in [5.74, 6) is 1.54. The van der Waals surface area contributed by atoms with Gasteiger partial charge in [-0.25, -0.2) is 0 Å². The van der Waals surface area contributed by atoms with Crippen molar-refractivity contribution in [2.75, 3.05) is 6.61 Å². The molecule has 0 aliphatic heterocycles. The van der Waals surface area contributed by atoms with Crippen molar-refractivity contribution in [3.63, 3.8) is 0 Å². The molecule has 1 rings (SSSR count). The minimum Gasteiger partial charge on any atom is -0.396 e. The number of hydrogen-bond donors (Lipinski definition) is 1. The molecule has 0 heterocycles. The van der Waals surface area contributed by atoms with Crippen LogP contribution in [0, 0.1) is 11.8 Å². The zero-order chi connectivity index (χ0) is 6.15. The van der Waals surface area contributed by atoms with Crippen molar-refractivity contribution < 1.29 is 5.11 Å². The maximum atomic E-state index is 8.49.